The molecule has 0 radical (unpaired) electrons. The molecule has 0 aliphatic carbocycles. The van der Waals surface area contributed by atoms with E-state index < -0.39 is 0 Å². The minimum atomic E-state index is 0.0462. The number of fused-ring (bicyclic) bond motifs is 1. The quantitative estimate of drug-likeness (QED) is 0.677. The smallest absolute Gasteiger partial charge is 0.228 e. The molecule has 2 aromatic heterocycles. The van der Waals surface area contributed by atoms with Crippen molar-refractivity contribution in [2.24, 2.45) is 0 Å². The molecule has 150 valence electrons. The number of nitrogens with one attached hydrogen (secondary N) is 1. The predicted octanol–water partition coefficient (Wildman–Crippen LogP) is 2.03. The Labute approximate surface area is 172 Å². The molecule has 2 aliphatic heterocycles. The molecule has 0 amide bonds. The highest BCUT2D eigenvalue weighted by Crippen LogP contribution is 2.31. The number of rotatable bonds is 5. The lowest BCUT2D eigenvalue weighted by molar-refractivity contribution is 0.0571. The monoisotopic (exact) mass is 411 g/mol. The van der Waals surface area contributed by atoms with Crippen LogP contribution in [0.4, 0.5) is 17.6 Å². The summed E-state index contributed by atoms with van der Waals surface area (Å²) in [6.07, 6.45) is 3.44. The van der Waals surface area contributed by atoms with Crippen molar-refractivity contribution in [3.63, 3.8) is 0 Å². The molecule has 1 saturated heterocycles. The first-order valence-electron chi connectivity index (χ1n) is 9.57. The average molecular weight is 411 g/mol. The normalized spacial score (nSPS) is 19.2. The van der Waals surface area contributed by atoms with Gasteiger partial charge in [0.2, 0.25) is 5.95 Å². The first-order valence-corrected chi connectivity index (χ1v) is 10.3. The highest BCUT2D eigenvalue weighted by atomic mass is 32.1. The van der Waals surface area contributed by atoms with Gasteiger partial charge in [-0.15, -0.1) is 0 Å². The van der Waals surface area contributed by atoms with Gasteiger partial charge < -0.3 is 19.7 Å². The predicted molar refractivity (Wildman–Crippen MR) is 110 cm³/mol. The van der Waals surface area contributed by atoms with Crippen LogP contribution in [0.5, 0.6) is 11.5 Å². The van der Waals surface area contributed by atoms with Gasteiger partial charge in [0.1, 0.15) is 12.7 Å². The van der Waals surface area contributed by atoms with Crippen LogP contribution < -0.4 is 19.7 Å². The van der Waals surface area contributed by atoms with E-state index in [9.17, 15) is 0 Å². The van der Waals surface area contributed by atoms with Crippen LogP contribution in [-0.4, -0.2) is 69.0 Å². The molecule has 1 atom stereocenters. The summed E-state index contributed by atoms with van der Waals surface area (Å²) < 4.78 is 20.8. The molecular formula is C19H21N7O2S. The summed E-state index contributed by atoms with van der Waals surface area (Å²) in [7, 11) is 0. The van der Waals surface area contributed by atoms with Gasteiger partial charge >= 0.3 is 0 Å². The third-order valence-electron chi connectivity index (χ3n) is 4.97. The lowest BCUT2D eigenvalue weighted by Crippen LogP contribution is -2.50. The van der Waals surface area contributed by atoms with Crippen LogP contribution in [0.1, 0.15) is 0 Å². The molecule has 1 aromatic carbocycles. The fraction of sp³-hybridized carbons (Fsp3) is 0.368. The largest absolute Gasteiger partial charge is 0.486 e. The van der Waals surface area contributed by atoms with E-state index in [0.29, 0.717) is 18.4 Å². The van der Waals surface area contributed by atoms with E-state index in [1.54, 1.807) is 18.5 Å². The summed E-state index contributed by atoms with van der Waals surface area (Å²) in [5, 5.41) is 3.16. The number of hydrogen-bond donors (Lipinski definition) is 1. The standard InChI is InChI=1S/C19H21N7O2S/c1-2-5-16-15(4-1)27-13-14(28-16)12-25-8-10-26(11-9-25)18-17(23-29-24-18)22-19-20-6-3-7-21-19/h1-7,14H,8-13H2,(H,20,21,22,23)/t14-/m0/s1. The van der Waals surface area contributed by atoms with Crippen molar-refractivity contribution in [2.45, 2.75) is 6.10 Å². The Morgan fingerprint density at radius 2 is 1.79 bits per heavy atom. The summed E-state index contributed by atoms with van der Waals surface area (Å²) in [6.45, 7) is 5.04. The van der Waals surface area contributed by atoms with E-state index >= 15 is 0 Å². The Morgan fingerprint density at radius 3 is 2.62 bits per heavy atom. The number of benzene rings is 1. The second-order valence-corrected chi connectivity index (χ2v) is 7.45. The van der Waals surface area contributed by atoms with Crippen molar-refractivity contribution in [1.82, 2.24) is 23.6 Å². The average Bonchev–Trinajstić information content (AvgIpc) is 3.23. The van der Waals surface area contributed by atoms with Gasteiger partial charge in [-0.3, -0.25) is 4.90 Å². The fourth-order valence-corrected chi connectivity index (χ4v) is 4.05. The van der Waals surface area contributed by atoms with Crippen molar-refractivity contribution in [2.75, 3.05) is 49.5 Å². The molecule has 0 bridgehead atoms. The highest BCUT2D eigenvalue weighted by molar-refractivity contribution is 6.99. The summed E-state index contributed by atoms with van der Waals surface area (Å²) in [6, 6.07) is 9.61. The van der Waals surface area contributed by atoms with Crippen LogP contribution in [0.15, 0.2) is 42.7 Å². The van der Waals surface area contributed by atoms with Gasteiger partial charge in [-0.1, -0.05) is 12.1 Å². The Morgan fingerprint density at radius 1 is 1.00 bits per heavy atom. The van der Waals surface area contributed by atoms with Crippen molar-refractivity contribution in [3.8, 4) is 11.5 Å². The molecule has 0 spiro atoms. The number of anilines is 3. The molecule has 5 rings (SSSR count). The number of nitrogens with zero attached hydrogens (tertiary/aromatic N) is 6. The lowest BCUT2D eigenvalue weighted by Gasteiger charge is -2.37. The van der Waals surface area contributed by atoms with Crippen molar-refractivity contribution < 1.29 is 9.47 Å². The van der Waals surface area contributed by atoms with E-state index in [2.05, 4.69) is 33.8 Å². The summed E-state index contributed by atoms with van der Waals surface area (Å²) in [5.74, 6) is 3.74. The first kappa shape index (κ1) is 18.1. The van der Waals surface area contributed by atoms with E-state index in [0.717, 1.165) is 50.0 Å². The minimum absolute atomic E-state index is 0.0462. The van der Waals surface area contributed by atoms with E-state index in [-0.39, 0.29) is 6.10 Å². The van der Waals surface area contributed by atoms with Gasteiger partial charge in [-0.25, -0.2) is 9.97 Å². The molecule has 10 heteroatoms. The summed E-state index contributed by atoms with van der Waals surface area (Å²) in [4.78, 5) is 13.0. The Bertz CT molecular complexity index is 946. The molecule has 0 saturated carbocycles. The van der Waals surface area contributed by atoms with Gasteiger partial charge in [0.25, 0.3) is 0 Å². The zero-order valence-corrected chi connectivity index (χ0v) is 16.6. The summed E-state index contributed by atoms with van der Waals surface area (Å²) in [5.41, 5.74) is 0. The lowest BCUT2D eigenvalue weighted by atomic mass is 10.2. The third kappa shape index (κ3) is 4.08. The van der Waals surface area contributed by atoms with Gasteiger partial charge in [-0.05, 0) is 18.2 Å². The molecule has 4 heterocycles. The highest BCUT2D eigenvalue weighted by Gasteiger charge is 2.27. The molecule has 1 N–H and O–H groups in total. The number of ether oxygens (including phenoxy) is 2. The van der Waals surface area contributed by atoms with Crippen LogP contribution in [-0.2, 0) is 0 Å². The van der Waals surface area contributed by atoms with Gasteiger partial charge in [0, 0.05) is 45.1 Å². The van der Waals surface area contributed by atoms with E-state index in [4.69, 9.17) is 9.47 Å². The Hall–Kier alpha value is -2.98. The third-order valence-corrected chi connectivity index (χ3v) is 5.49. The second kappa shape index (κ2) is 8.18. The molecule has 9 nitrogen and oxygen atoms in total. The van der Waals surface area contributed by atoms with Crippen LogP contribution in [0.25, 0.3) is 0 Å². The SMILES string of the molecule is c1cnc(Nc2nsnc2N2CCN(C[C@H]3COc4ccccc4O3)CC2)nc1. The van der Waals surface area contributed by atoms with E-state index in [1.165, 1.54) is 11.7 Å². The zero-order chi connectivity index (χ0) is 19.5. The van der Waals surface area contributed by atoms with Crippen LogP contribution in [0.2, 0.25) is 0 Å². The van der Waals surface area contributed by atoms with Gasteiger partial charge in [0.05, 0.1) is 11.7 Å². The maximum atomic E-state index is 6.09. The second-order valence-electron chi connectivity index (χ2n) is 6.92. The first-order chi connectivity index (χ1) is 14.3. The number of hydrogen-bond acceptors (Lipinski definition) is 10. The fourth-order valence-electron chi connectivity index (χ4n) is 3.52. The maximum absolute atomic E-state index is 6.09. The number of piperazine rings is 1. The Kier molecular flexibility index (Phi) is 5.10. The number of para-hydroxylation sites is 2. The van der Waals surface area contributed by atoms with Crippen molar-refractivity contribution >= 4 is 29.3 Å². The van der Waals surface area contributed by atoms with Crippen molar-refractivity contribution in [1.29, 1.82) is 0 Å². The number of aromatic nitrogens is 4. The van der Waals surface area contributed by atoms with Gasteiger partial charge in [-0.2, -0.15) is 8.75 Å². The van der Waals surface area contributed by atoms with Gasteiger partial charge in [0.15, 0.2) is 23.1 Å². The minimum Gasteiger partial charge on any atom is -0.486 e. The van der Waals surface area contributed by atoms with E-state index in [1.807, 2.05) is 24.3 Å². The Balaban J connectivity index is 1.16. The molecule has 2 aliphatic rings. The van der Waals surface area contributed by atoms with Crippen molar-refractivity contribution in [3.05, 3.63) is 42.7 Å². The maximum Gasteiger partial charge on any atom is 0.228 e. The molecule has 29 heavy (non-hydrogen) atoms. The molecule has 3 aromatic rings. The molecule has 0 unspecified atom stereocenters. The summed E-state index contributed by atoms with van der Waals surface area (Å²) >= 11 is 1.19. The van der Waals surface area contributed by atoms with Crippen LogP contribution in [0, 0.1) is 0 Å². The van der Waals surface area contributed by atoms with Crippen LogP contribution >= 0.6 is 11.7 Å². The van der Waals surface area contributed by atoms with Crippen LogP contribution in [0.3, 0.4) is 0 Å². The molecule has 1 fully saturated rings. The topological polar surface area (TPSA) is 88.5 Å². The zero-order valence-electron chi connectivity index (χ0n) is 15.8. The molecular weight excluding hydrogens is 390 g/mol.